The number of nitrogens with zero attached hydrogens (tertiary/aromatic N) is 2. The average molecular weight is 310 g/mol. The van der Waals surface area contributed by atoms with Gasteiger partial charge in [0.05, 0.1) is 24.6 Å². The molecule has 1 heterocycles. The van der Waals surface area contributed by atoms with Crippen molar-refractivity contribution in [3.63, 3.8) is 0 Å². The Morgan fingerprint density at radius 1 is 0.952 bits per heavy atom. The molecule has 0 unspecified atom stereocenters. The molecule has 0 aliphatic heterocycles. The molecule has 3 nitrogen and oxygen atoms in total. The Morgan fingerprint density at radius 2 is 1.52 bits per heavy atom. The standard InChI is InChI=1S/C12H8F6N2O/c1-21-9-6-19-10(12(16,17)18)20(9)8-4-2-7(3-5-8)11(13,14)15/h2-6H,1H3. The number of benzene rings is 1. The zero-order valence-corrected chi connectivity index (χ0v) is 10.5. The van der Waals surface area contributed by atoms with Crippen molar-refractivity contribution in [1.82, 2.24) is 9.55 Å². The zero-order valence-electron chi connectivity index (χ0n) is 10.5. The van der Waals surface area contributed by atoms with Crippen LogP contribution in [0.3, 0.4) is 0 Å². The number of hydrogen-bond acceptors (Lipinski definition) is 2. The zero-order chi connectivity index (χ0) is 15.8. The van der Waals surface area contributed by atoms with Crippen molar-refractivity contribution in [2.75, 3.05) is 7.11 Å². The SMILES string of the molecule is COc1cnc(C(F)(F)F)n1-c1ccc(C(F)(F)F)cc1. The highest BCUT2D eigenvalue weighted by Crippen LogP contribution is 2.35. The number of rotatable bonds is 2. The third kappa shape index (κ3) is 2.96. The van der Waals surface area contributed by atoms with Gasteiger partial charge in [0.25, 0.3) is 0 Å². The quantitative estimate of drug-likeness (QED) is 0.786. The van der Waals surface area contributed by atoms with Crippen LogP contribution in [0.5, 0.6) is 5.88 Å². The van der Waals surface area contributed by atoms with Gasteiger partial charge in [-0.25, -0.2) is 4.98 Å². The van der Waals surface area contributed by atoms with Crippen LogP contribution in [0.15, 0.2) is 30.5 Å². The van der Waals surface area contributed by atoms with Crippen molar-refractivity contribution in [3.8, 4) is 11.6 Å². The Labute approximate surface area is 114 Å². The van der Waals surface area contributed by atoms with E-state index in [1.165, 1.54) is 0 Å². The van der Waals surface area contributed by atoms with E-state index in [9.17, 15) is 26.3 Å². The minimum Gasteiger partial charge on any atom is -0.481 e. The van der Waals surface area contributed by atoms with Crippen molar-refractivity contribution in [2.45, 2.75) is 12.4 Å². The summed E-state index contributed by atoms with van der Waals surface area (Å²) in [6, 6.07) is 3.22. The summed E-state index contributed by atoms with van der Waals surface area (Å²) >= 11 is 0. The van der Waals surface area contributed by atoms with Crippen LogP contribution in [-0.4, -0.2) is 16.7 Å². The molecule has 0 aliphatic rings. The predicted molar refractivity (Wildman–Crippen MR) is 60.1 cm³/mol. The van der Waals surface area contributed by atoms with Crippen molar-refractivity contribution >= 4 is 0 Å². The van der Waals surface area contributed by atoms with E-state index < -0.39 is 23.7 Å². The fourth-order valence-electron chi connectivity index (χ4n) is 1.73. The van der Waals surface area contributed by atoms with Gasteiger partial charge >= 0.3 is 12.4 Å². The molecule has 0 saturated carbocycles. The lowest BCUT2D eigenvalue weighted by Gasteiger charge is -2.14. The Balaban J connectivity index is 2.54. The summed E-state index contributed by atoms with van der Waals surface area (Å²) in [7, 11) is 1.14. The molecule has 0 aliphatic carbocycles. The molecule has 0 saturated heterocycles. The maximum Gasteiger partial charge on any atom is 0.450 e. The van der Waals surface area contributed by atoms with Crippen LogP contribution in [0.2, 0.25) is 0 Å². The molecular formula is C12H8F6N2O. The van der Waals surface area contributed by atoms with E-state index in [1.54, 1.807) is 0 Å². The molecule has 114 valence electrons. The first-order chi connectivity index (χ1) is 9.64. The largest absolute Gasteiger partial charge is 0.481 e. The molecular weight excluding hydrogens is 302 g/mol. The molecule has 0 atom stereocenters. The molecule has 0 N–H and O–H groups in total. The normalized spacial score (nSPS) is 12.5. The van der Waals surface area contributed by atoms with E-state index >= 15 is 0 Å². The van der Waals surface area contributed by atoms with Crippen LogP contribution < -0.4 is 4.74 Å². The Bertz CT molecular complexity index is 627. The third-order valence-electron chi connectivity index (χ3n) is 2.64. The summed E-state index contributed by atoms with van der Waals surface area (Å²) in [6.07, 6.45) is -8.48. The second-order valence-electron chi connectivity index (χ2n) is 4.00. The number of ether oxygens (including phenoxy) is 1. The highest BCUT2D eigenvalue weighted by Gasteiger charge is 2.38. The molecule has 1 aromatic carbocycles. The van der Waals surface area contributed by atoms with E-state index in [0.717, 1.165) is 25.4 Å². The van der Waals surface area contributed by atoms with Gasteiger partial charge < -0.3 is 4.74 Å². The molecule has 0 radical (unpaired) electrons. The van der Waals surface area contributed by atoms with E-state index in [0.29, 0.717) is 16.7 Å². The van der Waals surface area contributed by atoms with Gasteiger partial charge in [0, 0.05) is 0 Å². The monoisotopic (exact) mass is 310 g/mol. The minimum absolute atomic E-state index is 0.135. The molecule has 0 bridgehead atoms. The molecule has 21 heavy (non-hydrogen) atoms. The molecule has 0 amide bonds. The van der Waals surface area contributed by atoms with Gasteiger partial charge in [-0.3, -0.25) is 4.57 Å². The highest BCUT2D eigenvalue weighted by molar-refractivity contribution is 5.40. The van der Waals surface area contributed by atoms with Gasteiger partial charge in [-0.15, -0.1) is 0 Å². The van der Waals surface area contributed by atoms with Crippen LogP contribution in [0.1, 0.15) is 11.4 Å². The van der Waals surface area contributed by atoms with Crippen LogP contribution in [0.4, 0.5) is 26.3 Å². The first-order valence-electron chi connectivity index (χ1n) is 5.51. The van der Waals surface area contributed by atoms with Gasteiger partial charge in [0.1, 0.15) is 0 Å². The van der Waals surface area contributed by atoms with E-state index in [2.05, 4.69) is 4.98 Å². The molecule has 2 rings (SSSR count). The first-order valence-corrected chi connectivity index (χ1v) is 5.51. The number of imidazole rings is 1. The van der Waals surface area contributed by atoms with Crippen LogP contribution in [-0.2, 0) is 12.4 Å². The Morgan fingerprint density at radius 3 is 1.95 bits per heavy atom. The van der Waals surface area contributed by atoms with Crippen molar-refractivity contribution < 1.29 is 31.1 Å². The second kappa shape index (κ2) is 4.97. The molecule has 0 spiro atoms. The molecule has 1 aromatic heterocycles. The third-order valence-corrected chi connectivity index (χ3v) is 2.64. The lowest BCUT2D eigenvalue weighted by Crippen LogP contribution is -2.14. The maximum atomic E-state index is 12.8. The van der Waals surface area contributed by atoms with E-state index in [4.69, 9.17) is 4.74 Å². The topological polar surface area (TPSA) is 27.1 Å². The fourth-order valence-corrected chi connectivity index (χ4v) is 1.73. The average Bonchev–Trinajstić information content (AvgIpc) is 2.81. The summed E-state index contributed by atoms with van der Waals surface area (Å²) in [5.74, 6) is -1.51. The molecule has 9 heteroatoms. The number of alkyl halides is 6. The van der Waals surface area contributed by atoms with Gasteiger partial charge in [-0.1, -0.05) is 0 Å². The predicted octanol–water partition coefficient (Wildman–Crippen LogP) is 3.92. The van der Waals surface area contributed by atoms with Gasteiger partial charge in [0.15, 0.2) is 0 Å². The van der Waals surface area contributed by atoms with Gasteiger partial charge in [-0.05, 0) is 24.3 Å². The number of hydrogen-bond donors (Lipinski definition) is 0. The number of methoxy groups -OCH3 is 1. The van der Waals surface area contributed by atoms with Crippen LogP contribution in [0.25, 0.3) is 5.69 Å². The number of aromatic nitrogens is 2. The van der Waals surface area contributed by atoms with Crippen molar-refractivity contribution in [2.24, 2.45) is 0 Å². The second-order valence-corrected chi connectivity index (χ2v) is 4.00. The van der Waals surface area contributed by atoms with Crippen molar-refractivity contribution in [3.05, 3.63) is 41.9 Å². The number of halogens is 6. The summed E-state index contributed by atoms with van der Waals surface area (Å²) in [5.41, 5.74) is -1.09. The summed E-state index contributed by atoms with van der Waals surface area (Å²) in [4.78, 5) is 3.20. The van der Waals surface area contributed by atoms with Crippen LogP contribution >= 0.6 is 0 Å². The molecule has 0 fully saturated rings. The van der Waals surface area contributed by atoms with Crippen molar-refractivity contribution in [1.29, 1.82) is 0 Å². The lowest BCUT2D eigenvalue weighted by molar-refractivity contribution is -0.146. The summed E-state index contributed by atoms with van der Waals surface area (Å²) in [5, 5.41) is 0. The Hall–Kier alpha value is -2.19. The van der Waals surface area contributed by atoms with Crippen LogP contribution in [0, 0.1) is 0 Å². The van der Waals surface area contributed by atoms with E-state index in [1.807, 2.05) is 0 Å². The van der Waals surface area contributed by atoms with Gasteiger partial charge in [0.2, 0.25) is 11.7 Å². The van der Waals surface area contributed by atoms with E-state index in [-0.39, 0.29) is 11.6 Å². The summed E-state index contributed by atoms with van der Waals surface area (Å²) < 4.78 is 81.2. The Kier molecular flexibility index (Phi) is 3.60. The highest BCUT2D eigenvalue weighted by atomic mass is 19.4. The maximum absolute atomic E-state index is 12.8. The molecule has 2 aromatic rings. The smallest absolute Gasteiger partial charge is 0.450 e. The lowest BCUT2D eigenvalue weighted by atomic mass is 10.2. The first kappa shape index (κ1) is 15.2. The summed E-state index contributed by atoms with van der Waals surface area (Å²) in [6.45, 7) is 0. The minimum atomic E-state index is -4.76. The van der Waals surface area contributed by atoms with Gasteiger partial charge in [-0.2, -0.15) is 26.3 Å². The fraction of sp³-hybridized carbons (Fsp3) is 0.250.